The molecule has 2 heterocycles. The van der Waals surface area contributed by atoms with E-state index in [1.54, 1.807) is 6.26 Å². The maximum absolute atomic E-state index is 12.7. The summed E-state index contributed by atoms with van der Waals surface area (Å²) >= 11 is 0. The fourth-order valence-corrected chi connectivity index (χ4v) is 3.74. The van der Waals surface area contributed by atoms with E-state index in [4.69, 9.17) is 4.42 Å². The van der Waals surface area contributed by atoms with E-state index < -0.39 is 0 Å². The molecule has 3 aromatic rings. The highest BCUT2D eigenvalue weighted by Crippen LogP contribution is 2.24. The average Bonchev–Trinajstić information content (AvgIpc) is 3.23. The lowest BCUT2D eigenvalue weighted by atomic mass is 10.1. The van der Waals surface area contributed by atoms with E-state index in [1.807, 2.05) is 48.5 Å². The smallest absolute Gasteiger partial charge is 0.251 e. The zero-order valence-corrected chi connectivity index (χ0v) is 14.9. The first-order valence-electron chi connectivity index (χ1n) is 9.36. The number of rotatable bonds is 5. The highest BCUT2D eigenvalue weighted by molar-refractivity contribution is 5.98. The van der Waals surface area contributed by atoms with Gasteiger partial charge in [0.05, 0.1) is 12.3 Å². The highest BCUT2D eigenvalue weighted by atomic mass is 16.3. The van der Waals surface area contributed by atoms with Crippen LogP contribution in [0.2, 0.25) is 0 Å². The molecule has 4 heteroatoms. The Morgan fingerprint density at radius 1 is 1.00 bits per heavy atom. The van der Waals surface area contributed by atoms with Crippen molar-refractivity contribution >= 4 is 16.7 Å². The number of amides is 1. The fraction of sp³-hybridized carbons (Fsp3) is 0.318. The third kappa shape index (κ3) is 3.65. The Bertz CT molecular complexity index is 867. The minimum Gasteiger partial charge on any atom is -0.468 e. The van der Waals surface area contributed by atoms with Crippen molar-refractivity contribution < 1.29 is 9.21 Å². The van der Waals surface area contributed by atoms with Gasteiger partial charge in [0, 0.05) is 12.1 Å². The van der Waals surface area contributed by atoms with Crippen LogP contribution in [0.1, 0.15) is 41.4 Å². The van der Waals surface area contributed by atoms with Crippen LogP contribution in [0.5, 0.6) is 0 Å². The Labute approximate surface area is 153 Å². The van der Waals surface area contributed by atoms with Gasteiger partial charge in [-0.1, -0.05) is 36.8 Å². The second-order valence-electron chi connectivity index (χ2n) is 6.90. The summed E-state index contributed by atoms with van der Waals surface area (Å²) in [5.74, 6) is 0.884. The Kier molecular flexibility index (Phi) is 5.02. The third-order valence-corrected chi connectivity index (χ3v) is 5.17. The molecular formula is C22H24N2O2. The molecule has 4 nitrogen and oxygen atoms in total. The number of benzene rings is 2. The molecule has 0 bridgehead atoms. The second kappa shape index (κ2) is 7.75. The molecule has 26 heavy (non-hydrogen) atoms. The van der Waals surface area contributed by atoms with E-state index in [1.165, 1.54) is 19.3 Å². The van der Waals surface area contributed by atoms with Crippen molar-refractivity contribution in [3.05, 3.63) is 72.2 Å². The van der Waals surface area contributed by atoms with Crippen molar-refractivity contribution in [2.75, 3.05) is 19.6 Å². The maximum Gasteiger partial charge on any atom is 0.251 e. The summed E-state index contributed by atoms with van der Waals surface area (Å²) in [4.78, 5) is 15.1. The molecule has 2 aromatic carbocycles. The minimum absolute atomic E-state index is 0.0377. The van der Waals surface area contributed by atoms with Gasteiger partial charge in [-0.3, -0.25) is 9.69 Å². The zero-order chi connectivity index (χ0) is 17.8. The Morgan fingerprint density at radius 2 is 1.81 bits per heavy atom. The second-order valence-corrected chi connectivity index (χ2v) is 6.90. The standard InChI is InChI=1S/C22H24N2O2/c25-22(19-11-10-17-7-2-3-8-18(17)15-19)23-16-20(21-9-6-14-26-21)24-12-4-1-5-13-24/h2-3,6-11,14-15,20H,1,4-5,12-13,16H2,(H,23,25)/t20-/m0/s1. The van der Waals surface area contributed by atoms with Crippen LogP contribution in [0, 0.1) is 0 Å². The lowest BCUT2D eigenvalue weighted by Crippen LogP contribution is -2.40. The molecule has 1 saturated heterocycles. The van der Waals surface area contributed by atoms with Gasteiger partial charge in [0.25, 0.3) is 5.91 Å². The van der Waals surface area contributed by atoms with E-state index >= 15 is 0 Å². The topological polar surface area (TPSA) is 45.5 Å². The van der Waals surface area contributed by atoms with Crippen molar-refractivity contribution in [2.45, 2.75) is 25.3 Å². The number of nitrogens with zero attached hydrogens (tertiary/aromatic N) is 1. The van der Waals surface area contributed by atoms with E-state index in [2.05, 4.69) is 16.3 Å². The van der Waals surface area contributed by atoms with Crippen LogP contribution in [-0.2, 0) is 0 Å². The molecule has 0 radical (unpaired) electrons. The molecule has 0 saturated carbocycles. The van der Waals surface area contributed by atoms with E-state index in [-0.39, 0.29) is 11.9 Å². The van der Waals surface area contributed by atoms with Crippen LogP contribution in [-0.4, -0.2) is 30.4 Å². The summed E-state index contributed by atoms with van der Waals surface area (Å²) in [6, 6.07) is 17.9. The van der Waals surface area contributed by atoms with Crippen molar-refractivity contribution in [3.8, 4) is 0 Å². The first-order valence-corrected chi connectivity index (χ1v) is 9.36. The first kappa shape index (κ1) is 16.9. The van der Waals surface area contributed by atoms with Gasteiger partial charge in [-0.2, -0.15) is 0 Å². The van der Waals surface area contributed by atoms with Crippen LogP contribution in [0.4, 0.5) is 0 Å². The van der Waals surface area contributed by atoms with Gasteiger partial charge in [-0.15, -0.1) is 0 Å². The summed E-state index contributed by atoms with van der Waals surface area (Å²) in [7, 11) is 0. The molecule has 1 aromatic heterocycles. The molecule has 1 fully saturated rings. The van der Waals surface area contributed by atoms with Gasteiger partial charge in [-0.25, -0.2) is 0 Å². The average molecular weight is 348 g/mol. The van der Waals surface area contributed by atoms with Crippen LogP contribution in [0.25, 0.3) is 10.8 Å². The lowest BCUT2D eigenvalue weighted by Gasteiger charge is -2.33. The number of fused-ring (bicyclic) bond motifs is 1. The Balaban J connectivity index is 1.48. The van der Waals surface area contributed by atoms with Crippen molar-refractivity contribution in [2.24, 2.45) is 0 Å². The van der Waals surface area contributed by atoms with Crippen molar-refractivity contribution in [1.82, 2.24) is 10.2 Å². The molecule has 134 valence electrons. The summed E-state index contributed by atoms with van der Waals surface area (Å²) in [5.41, 5.74) is 0.695. The summed E-state index contributed by atoms with van der Waals surface area (Å²) in [6.07, 6.45) is 5.40. The lowest BCUT2D eigenvalue weighted by molar-refractivity contribution is 0.0914. The van der Waals surface area contributed by atoms with Crippen molar-refractivity contribution in [3.63, 3.8) is 0 Å². The predicted octanol–water partition coefficient (Wildman–Crippen LogP) is 4.39. The molecule has 0 spiro atoms. The third-order valence-electron chi connectivity index (χ3n) is 5.17. The largest absolute Gasteiger partial charge is 0.468 e. The van der Waals surface area contributed by atoms with E-state index in [9.17, 15) is 4.79 Å². The minimum atomic E-state index is -0.0377. The number of hydrogen-bond acceptors (Lipinski definition) is 3. The number of likely N-dealkylation sites (tertiary alicyclic amines) is 1. The molecule has 4 rings (SSSR count). The zero-order valence-electron chi connectivity index (χ0n) is 14.9. The van der Waals surface area contributed by atoms with Gasteiger partial charge in [0.15, 0.2) is 0 Å². The van der Waals surface area contributed by atoms with Crippen LogP contribution in [0.15, 0.2) is 65.3 Å². The summed E-state index contributed by atoms with van der Waals surface area (Å²) in [6.45, 7) is 2.66. The SMILES string of the molecule is O=C(NC[C@@H](c1ccco1)N1CCCCC1)c1ccc2ccccc2c1. The maximum atomic E-state index is 12.7. The summed E-state index contributed by atoms with van der Waals surface area (Å²) in [5, 5.41) is 5.34. The summed E-state index contributed by atoms with van der Waals surface area (Å²) < 4.78 is 5.65. The molecule has 1 amide bonds. The fourth-order valence-electron chi connectivity index (χ4n) is 3.74. The van der Waals surface area contributed by atoms with Gasteiger partial charge in [0.2, 0.25) is 0 Å². The molecule has 1 N–H and O–H groups in total. The molecule has 0 aliphatic carbocycles. The van der Waals surface area contributed by atoms with Gasteiger partial charge in [0.1, 0.15) is 5.76 Å². The molecule has 0 unspecified atom stereocenters. The molecular weight excluding hydrogens is 324 g/mol. The number of furan rings is 1. The quantitative estimate of drug-likeness (QED) is 0.744. The van der Waals surface area contributed by atoms with Crippen LogP contribution < -0.4 is 5.32 Å². The van der Waals surface area contributed by atoms with Gasteiger partial charge >= 0.3 is 0 Å². The van der Waals surface area contributed by atoms with Crippen LogP contribution in [0.3, 0.4) is 0 Å². The number of piperidine rings is 1. The first-order chi connectivity index (χ1) is 12.8. The Morgan fingerprint density at radius 3 is 2.58 bits per heavy atom. The highest BCUT2D eigenvalue weighted by Gasteiger charge is 2.25. The molecule has 1 aliphatic heterocycles. The Hall–Kier alpha value is -2.59. The van der Waals surface area contributed by atoms with Crippen molar-refractivity contribution in [1.29, 1.82) is 0 Å². The predicted molar refractivity (Wildman–Crippen MR) is 103 cm³/mol. The van der Waals surface area contributed by atoms with Crippen LogP contribution >= 0.6 is 0 Å². The monoisotopic (exact) mass is 348 g/mol. The molecule has 1 atom stereocenters. The number of carbonyl (C=O) groups is 1. The molecule has 1 aliphatic rings. The number of nitrogens with one attached hydrogen (secondary N) is 1. The van der Waals surface area contributed by atoms with E-state index in [0.717, 1.165) is 29.6 Å². The number of carbonyl (C=O) groups excluding carboxylic acids is 1. The van der Waals surface area contributed by atoms with E-state index in [0.29, 0.717) is 12.1 Å². The van der Waals surface area contributed by atoms with Gasteiger partial charge in [-0.05, 0) is 61.0 Å². The number of hydrogen-bond donors (Lipinski definition) is 1. The van der Waals surface area contributed by atoms with Gasteiger partial charge < -0.3 is 9.73 Å². The normalized spacial score (nSPS) is 16.5.